The number of hydrogen-bond donors (Lipinski definition) is 0. The Morgan fingerprint density at radius 2 is 1.74 bits per heavy atom. The number of aromatic nitrogens is 2. The van der Waals surface area contributed by atoms with Gasteiger partial charge in [-0.3, -0.25) is 0 Å². The van der Waals surface area contributed by atoms with Gasteiger partial charge < -0.3 is 0 Å². The first-order valence-electron chi connectivity index (χ1n) is 10.9. The molecule has 0 N–H and O–H groups in total. The predicted octanol–water partition coefficient (Wildman–Crippen LogP) is 7.03. The number of benzene rings is 3. The summed E-state index contributed by atoms with van der Waals surface area (Å²) in [6.45, 7) is 2.14. The van der Waals surface area contributed by atoms with Gasteiger partial charge in [-0.2, -0.15) is 10.4 Å². The first kappa shape index (κ1) is 24.8. The van der Waals surface area contributed by atoms with Crippen LogP contribution in [0.3, 0.4) is 0 Å². The van der Waals surface area contributed by atoms with E-state index in [4.69, 9.17) is 16.7 Å². The van der Waals surface area contributed by atoms with Crippen molar-refractivity contribution < 1.29 is 8.42 Å². The third-order valence-electron chi connectivity index (χ3n) is 5.17. The summed E-state index contributed by atoms with van der Waals surface area (Å²) >= 11 is 7.68. The fraction of sp³-hybridized carbons (Fsp3) is 0.111. The molecule has 0 aliphatic heterocycles. The summed E-state index contributed by atoms with van der Waals surface area (Å²) in [5, 5.41) is 14.9. The lowest BCUT2D eigenvalue weighted by Crippen LogP contribution is -2.03. The Morgan fingerprint density at radius 3 is 2.37 bits per heavy atom. The quantitative estimate of drug-likeness (QED) is 0.184. The number of halogens is 1. The molecule has 0 spiro atoms. The maximum atomic E-state index is 13.2. The van der Waals surface area contributed by atoms with Crippen molar-refractivity contribution in [2.75, 3.05) is 5.75 Å². The molecule has 8 heteroatoms. The minimum Gasteiger partial charge on any atom is -0.240 e. The van der Waals surface area contributed by atoms with Crippen LogP contribution in [-0.2, 0) is 9.84 Å². The second-order valence-corrected chi connectivity index (χ2v) is 11.2. The van der Waals surface area contributed by atoms with Crippen molar-refractivity contribution in [2.45, 2.75) is 23.1 Å². The van der Waals surface area contributed by atoms with E-state index in [0.29, 0.717) is 16.3 Å². The number of nitriles is 1. The zero-order valence-electron chi connectivity index (χ0n) is 18.9. The molecule has 0 radical (unpaired) electrons. The van der Waals surface area contributed by atoms with Crippen LogP contribution in [-0.4, -0.2) is 24.0 Å². The predicted molar refractivity (Wildman–Crippen MR) is 142 cm³/mol. The topological polar surface area (TPSA) is 75.8 Å². The molecular weight excluding hydrogens is 498 g/mol. The van der Waals surface area contributed by atoms with Gasteiger partial charge in [-0.1, -0.05) is 48.9 Å². The van der Waals surface area contributed by atoms with E-state index in [0.717, 1.165) is 28.3 Å². The van der Waals surface area contributed by atoms with Crippen molar-refractivity contribution in [2.24, 2.45) is 0 Å². The fourth-order valence-corrected chi connectivity index (χ4v) is 5.46. The van der Waals surface area contributed by atoms with E-state index in [2.05, 4.69) is 6.92 Å². The largest absolute Gasteiger partial charge is 0.240 e. The normalized spacial score (nSPS) is 11.9. The third kappa shape index (κ3) is 5.68. The lowest BCUT2D eigenvalue weighted by molar-refractivity contribution is 0.603. The highest BCUT2D eigenvalue weighted by Crippen LogP contribution is 2.30. The Hall–Kier alpha value is -3.31. The molecule has 4 aromatic rings. The number of nitrogens with zero attached hydrogens (tertiary/aromatic N) is 3. The van der Waals surface area contributed by atoms with E-state index in [1.807, 2.05) is 60.7 Å². The highest BCUT2D eigenvalue weighted by atomic mass is 35.5. The minimum atomic E-state index is -4.04. The van der Waals surface area contributed by atoms with Gasteiger partial charge in [0.05, 0.1) is 10.6 Å². The van der Waals surface area contributed by atoms with Crippen LogP contribution in [0.1, 0.15) is 18.9 Å². The Labute approximate surface area is 214 Å². The first-order valence-corrected chi connectivity index (χ1v) is 13.8. The summed E-state index contributed by atoms with van der Waals surface area (Å²) in [5.41, 5.74) is 2.76. The van der Waals surface area contributed by atoms with Crippen LogP contribution >= 0.6 is 23.4 Å². The van der Waals surface area contributed by atoms with E-state index < -0.39 is 9.84 Å². The number of para-hydroxylation sites is 1. The van der Waals surface area contributed by atoms with Crippen molar-refractivity contribution >= 4 is 39.3 Å². The molecule has 3 aromatic carbocycles. The van der Waals surface area contributed by atoms with Crippen molar-refractivity contribution in [1.82, 2.24) is 9.78 Å². The summed E-state index contributed by atoms with van der Waals surface area (Å²) in [5.74, 6) is 1.03. The number of thioether (sulfide) groups is 1. The molecule has 0 saturated carbocycles. The summed E-state index contributed by atoms with van der Waals surface area (Å²) in [6, 6.07) is 25.1. The Morgan fingerprint density at radius 1 is 1.06 bits per heavy atom. The molecule has 5 nitrogen and oxygen atoms in total. The van der Waals surface area contributed by atoms with Crippen LogP contribution in [0.2, 0.25) is 5.02 Å². The van der Waals surface area contributed by atoms with Crippen molar-refractivity contribution in [3.05, 3.63) is 101 Å². The van der Waals surface area contributed by atoms with Gasteiger partial charge in [-0.15, -0.1) is 11.8 Å². The smallest absolute Gasteiger partial charge is 0.216 e. The zero-order valence-corrected chi connectivity index (χ0v) is 21.3. The maximum Gasteiger partial charge on any atom is 0.216 e. The fourth-order valence-electron chi connectivity index (χ4n) is 3.41. The second-order valence-electron chi connectivity index (χ2n) is 7.66. The van der Waals surface area contributed by atoms with Gasteiger partial charge >= 0.3 is 0 Å². The first-order chi connectivity index (χ1) is 16.9. The zero-order chi connectivity index (χ0) is 24.8. The summed E-state index contributed by atoms with van der Waals surface area (Å²) in [4.78, 5) is 0.783. The molecular formula is C27H22ClN3O2S2. The van der Waals surface area contributed by atoms with E-state index >= 15 is 0 Å². The summed E-state index contributed by atoms with van der Waals surface area (Å²) < 4.78 is 28.1. The number of hydrogen-bond acceptors (Lipinski definition) is 5. The highest BCUT2D eigenvalue weighted by molar-refractivity contribution is 7.99. The lowest BCUT2D eigenvalue weighted by atomic mass is 10.1. The van der Waals surface area contributed by atoms with E-state index in [9.17, 15) is 13.7 Å². The monoisotopic (exact) mass is 519 g/mol. The SMILES string of the molecule is CCCSc1ccc(-c2nn(-c3ccccc3)cc2C=C(C#N)S(=O)(=O)c2ccc(Cl)cc2)cc1. The van der Waals surface area contributed by atoms with Crippen LogP contribution in [0.5, 0.6) is 0 Å². The van der Waals surface area contributed by atoms with Gasteiger partial charge in [0.15, 0.2) is 0 Å². The molecule has 0 bridgehead atoms. The van der Waals surface area contributed by atoms with Crippen LogP contribution < -0.4 is 0 Å². The van der Waals surface area contributed by atoms with E-state index in [1.165, 1.54) is 30.3 Å². The van der Waals surface area contributed by atoms with Crippen molar-refractivity contribution in [3.63, 3.8) is 0 Å². The molecule has 35 heavy (non-hydrogen) atoms. The van der Waals surface area contributed by atoms with Crippen LogP contribution in [0.25, 0.3) is 23.0 Å². The third-order valence-corrected chi connectivity index (χ3v) is 8.32. The molecule has 1 aromatic heterocycles. The lowest BCUT2D eigenvalue weighted by Gasteiger charge is -2.05. The van der Waals surface area contributed by atoms with Gasteiger partial charge in [0.2, 0.25) is 9.84 Å². The molecule has 0 aliphatic carbocycles. The molecule has 0 atom stereocenters. The van der Waals surface area contributed by atoms with Crippen LogP contribution in [0.15, 0.2) is 99.8 Å². The van der Waals surface area contributed by atoms with Crippen molar-refractivity contribution in [3.8, 4) is 23.0 Å². The van der Waals surface area contributed by atoms with Crippen LogP contribution in [0, 0.1) is 11.3 Å². The molecule has 0 saturated heterocycles. The average molecular weight is 520 g/mol. The molecule has 176 valence electrons. The van der Waals surface area contributed by atoms with Crippen molar-refractivity contribution in [1.29, 1.82) is 5.26 Å². The molecule has 4 rings (SSSR count). The van der Waals surface area contributed by atoms with Gasteiger partial charge in [0.25, 0.3) is 0 Å². The standard InChI is InChI=1S/C27H22ClN3O2S2/c1-2-16-34-24-12-8-20(9-13-24)27-21(19-31(30-27)23-6-4-3-5-7-23)17-26(18-29)35(32,33)25-14-10-22(28)11-15-25/h3-15,17,19H,2,16H2,1H3. The molecule has 0 fully saturated rings. The number of sulfone groups is 1. The Balaban J connectivity index is 1.82. The highest BCUT2D eigenvalue weighted by Gasteiger charge is 2.22. The molecule has 0 unspecified atom stereocenters. The Kier molecular flexibility index (Phi) is 7.76. The van der Waals surface area contributed by atoms with Gasteiger partial charge in [-0.05, 0) is 66.8 Å². The molecule has 1 heterocycles. The van der Waals surface area contributed by atoms with Gasteiger partial charge in [-0.25, -0.2) is 13.1 Å². The van der Waals surface area contributed by atoms with E-state index in [-0.39, 0.29) is 9.80 Å². The van der Waals surface area contributed by atoms with Crippen LogP contribution in [0.4, 0.5) is 0 Å². The number of rotatable bonds is 8. The minimum absolute atomic E-state index is 0.00371. The average Bonchev–Trinajstić information content (AvgIpc) is 3.31. The van der Waals surface area contributed by atoms with Gasteiger partial charge in [0, 0.05) is 27.2 Å². The second kappa shape index (κ2) is 11.0. The van der Waals surface area contributed by atoms with Gasteiger partial charge in [0.1, 0.15) is 16.7 Å². The molecule has 0 amide bonds. The Bertz CT molecular complexity index is 1490. The number of allylic oxidation sites excluding steroid dienone is 1. The summed E-state index contributed by atoms with van der Waals surface area (Å²) in [7, 11) is -4.04. The maximum absolute atomic E-state index is 13.2. The molecule has 0 aliphatic rings. The summed E-state index contributed by atoms with van der Waals surface area (Å²) in [6.07, 6.45) is 4.20. The van der Waals surface area contributed by atoms with E-state index in [1.54, 1.807) is 22.6 Å².